The Balaban J connectivity index is 1.80. The van der Waals surface area contributed by atoms with Crippen LogP contribution in [0.3, 0.4) is 0 Å². The SMILES string of the molecule is CC1CN(CC2CCCC2)CCC1=NO. The van der Waals surface area contributed by atoms with Crippen LogP contribution in [0.2, 0.25) is 0 Å². The normalized spacial score (nSPS) is 32.6. The van der Waals surface area contributed by atoms with Gasteiger partial charge < -0.3 is 10.1 Å². The van der Waals surface area contributed by atoms with Crippen LogP contribution in [0.25, 0.3) is 0 Å². The Morgan fingerprint density at radius 1 is 1.40 bits per heavy atom. The van der Waals surface area contributed by atoms with Gasteiger partial charge >= 0.3 is 0 Å². The molecular weight excluding hydrogens is 188 g/mol. The smallest absolute Gasteiger partial charge is 0.0624 e. The molecule has 86 valence electrons. The minimum atomic E-state index is 0.435. The molecule has 1 N–H and O–H groups in total. The highest BCUT2D eigenvalue weighted by Crippen LogP contribution is 2.26. The Hall–Kier alpha value is -0.570. The Bertz CT molecular complexity index is 234. The lowest BCUT2D eigenvalue weighted by Gasteiger charge is -2.33. The molecule has 0 aromatic heterocycles. The average molecular weight is 210 g/mol. The summed E-state index contributed by atoms with van der Waals surface area (Å²) >= 11 is 0. The third kappa shape index (κ3) is 2.71. The fourth-order valence-corrected chi connectivity index (χ4v) is 2.98. The van der Waals surface area contributed by atoms with Gasteiger partial charge in [0, 0.05) is 32.0 Å². The Kier molecular flexibility index (Phi) is 3.62. The topological polar surface area (TPSA) is 35.8 Å². The van der Waals surface area contributed by atoms with E-state index in [0.29, 0.717) is 5.92 Å². The van der Waals surface area contributed by atoms with Gasteiger partial charge in [0.25, 0.3) is 0 Å². The zero-order valence-electron chi connectivity index (χ0n) is 9.65. The molecular formula is C12H22N2O. The fourth-order valence-electron chi connectivity index (χ4n) is 2.98. The first-order valence-corrected chi connectivity index (χ1v) is 6.22. The summed E-state index contributed by atoms with van der Waals surface area (Å²) < 4.78 is 0. The van der Waals surface area contributed by atoms with E-state index in [0.717, 1.165) is 31.1 Å². The van der Waals surface area contributed by atoms with Crippen molar-refractivity contribution in [3.63, 3.8) is 0 Å². The molecule has 0 bridgehead atoms. The van der Waals surface area contributed by atoms with Gasteiger partial charge in [-0.3, -0.25) is 0 Å². The van der Waals surface area contributed by atoms with E-state index in [1.54, 1.807) is 0 Å². The van der Waals surface area contributed by atoms with Crippen molar-refractivity contribution in [2.24, 2.45) is 17.0 Å². The van der Waals surface area contributed by atoms with Crippen LogP contribution in [0.15, 0.2) is 5.16 Å². The molecule has 0 aromatic carbocycles. The molecule has 1 aliphatic carbocycles. The fraction of sp³-hybridized carbons (Fsp3) is 0.917. The molecule has 0 spiro atoms. The van der Waals surface area contributed by atoms with Crippen molar-refractivity contribution in [2.45, 2.75) is 39.0 Å². The van der Waals surface area contributed by atoms with Gasteiger partial charge in [0.2, 0.25) is 0 Å². The molecule has 2 fully saturated rings. The highest BCUT2D eigenvalue weighted by Gasteiger charge is 2.25. The molecule has 15 heavy (non-hydrogen) atoms. The second kappa shape index (κ2) is 4.97. The number of rotatable bonds is 2. The molecule has 2 rings (SSSR count). The lowest BCUT2D eigenvalue weighted by molar-refractivity contribution is 0.204. The molecule has 0 amide bonds. The van der Waals surface area contributed by atoms with E-state index >= 15 is 0 Å². The summed E-state index contributed by atoms with van der Waals surface area (Å²) in [5.74, 6) is 1.37. The summed E-state index contributed by atoms with van der Waals surface area (Å²) in [4.78, 5) is 2.55. The highest BCUT2D eigenvalue weighted by atomic mass is 16.4. The van der Waals surface area contributed by atoms with Crippen molar-refractivity contribution < 1.29 is 5.21 Å². The molecule has 0 aromatic rings. The van der Waals surface area contributed by atoms with Crippen LogP contribution in [0.1, 0.15) is 39.0 Å². The van der Waals surface area contributed by atoms with E-state index in [9.17, 15) is 0 Å². The molecule has 0 radical (unpaired) electrons. The first-order chi connectivity index (χ1) is 7.29. The number of piperidine rings is 1. The van der Waals surface area contributed by atoms with Gasteiger partial charge in [0.05, 0.1) is 5.71 Å². The number of nitrogens with zero attached hydrogens (tertiary/aromatic N) is 2. The van der Waals surface area contributed by atoms with Gasteiger partial charge in [-0.25, -0.2) is 0 Å². The molecule has 2 aliphatic rings. The monoisotopic (exact) mass is 210 g/mol. The van der Waals surface area contributed by atoms with Crippen LogP contribution >= 0.6 is 0 Å². The van der Waals surface area contributed by atoms with E-state index in [-0.39, 0.29) is 0 Å². The van der Waals surface area contributed by atoms with E-state index in [2.05, 4.69) is 17.0 Å². The molecule has 3 heteroatoms. The minimum Gasteiger partial charge on any atom is -0.411 e. The van der Waals surface area contributed by atoms with Gasteiger partial charge in [-0.05, 0) is 18.8 Å². The Labute approximate surface area is 92.1 Å². The molecule has 1 saturated heterocycles. The maximum absolute atomic E-state index is 8.80. The van der Waals surface area contributed by atoms with Crippen LogP contribution in [0, 0.1) is 11.8 Å². The summed E-state index contributed by atoms with van der Waals surface area (Å²) in [6.07, 6.45) is 6.65. The van der Waals surface area contributed by atoms with Crippen LogP contribution in [-0.4, -0.2) is 35.5 Å². The summed E-state index contributed by atoms with van der Waals surface area (Å²) in [6, 6.07) is 0. The van der Waals surface area contributed by atoms with Gasteiger partial charge in [0.1, 0.15) is 0 Å². The van der Waals surface area contributed by atoms with E-state index in [1.165, 1.54) is 32.2 Å². The molecule has 1 aliphatic heterocycles. The third-order valence-corrected chi connectivity index (χ3v) is 3.90. The number of hydrogen-bond donors (Lipinski definition) is 1. The van der Waals surface area contributed by atoms with Crippen molar-refractivity contribution in [3.05, 3.63) is 0 Å². The van der Waals surface area contributed by atoms with Crippen LogP contribution < -0.4 is 0 Å². The lowest BCUT2D eigenvalue weighted by atomic mass is 9.96. The van der Waals surface area contributed by atoms with Crippen LogP contribution in [0.4, 0.5) is 0 Å². The lowest BCUT2D eigenvalue weighted by Crippen LogP contribution is -2.41. The maximum atomic E-state index is 8.80. The van der Waals surface area contributed by atoms with Crippen LogP contribution in [0.5, 0.6) is 0 Å². The average Bonchev–Trinajstić information content (AvgIpc) is 2.71. The quantitative estimate of drug-likeness (QED) is 0.561. The summed E-state index contributed by atoms with van der Waals surface area (Å²) in [5.41, 5.74) is 0.984. The predicted molar refractivity (Wildman–Crippen MR) is 61.4 cm³/mol. The number of hydrogen-bond acceptors (Lipinski definition) is 3. The standard InChI is InChI=1S/C12H22N2O/c1-10-8-14(7-6-12(10)13-15)9-11-4-2-3-5-11/h10-11,15H,2-9H2,1H3. The van der Waals surface area contributed by atoms with Crippen molar-refractivity contribution in [1.82, 2.24) is 4.90 Å². The second-order valence-corrected chi connectivity index (χ2v) is 5.15. The number of oxime groups is 1. The van der Waals surface area contributed by atoms with Gasteiger partial charge in [-0.2, -0.15) is 0 Å². The van der Waals surface area contributed by atoms with Crippen LogP contribution in [-0.2, 0) is 0 Å². The van der Waals surface area contributed by atoms with Gasteiger partial charge in [0.15, 0.2) is 0 Å². The van der Waals surface area contributed by atoms with Crippen molar-refractivity contribution >= 4 is 5.71 Å². The van der Waals surface area contributed by atoms with Crippen molar-refractivity contribution in [1.29, 1.82) is 0 Å². The van der Waals surface area contributed by atoms with Crippen molar-refractivity contribution in [2.75, 3.05) is 19.6 Å². The first kappa shape index (κ1) is 10.9. The summed E-state index contributed by atoms with van der Waals surface area (Å²) in [5, 5.41) is 12.2. The summed E-state index contributed by atoms with van der Waals surface area (Å²) in [6.45, 7) is 5.59. The van der Waals surface area contributed by atoms with E-state index < -0.39 is 0 Å². The molecule has 1 unspecified atom stereocenters. The highest BCUT2D eigenvalue weighted by molar-refractivity contribution is 5.86. The molecule has 1 atom stereocenters. The van der Waals surface area contributed by atoms with Gasteiger partial charge in [-0.1, -0.05) is 24.9 Å². The number of likely N-dealkylation sites (tertiary alicyclic amines) is 1. The largest absolute Gasteiger partial charge is 0.411 e. The molecule has 1 saturated carbocycles. The molecule has 3 nitrogen and oxygen atoms in total. The zero-order chi connectivity index (χ0) is 10.7. The second-order valence-electron chi connectivity index (χ2n) is 5.15. The third-order valence-electron chi connectivity index (χ3n) is 3.90. The molecule has 1 heterocycles. The first-order valence-electron chi connectivity index (χ1n) is 6.22. The van der Waals surface area contributed by atoms with E-state index in [1.807, 2.05) is 0 Å². The zero-order valence-corrected chi connectivity index (χ0v) is 9.65. The van der Waals surface area contributed by atoms with E-state index in [4.69, 9.17) is 5.21 Å². The Morgan fingerprint density at radius 3 is 2.73 bits per heavy atom. The predicted octanol–water partition coefficient (Wildman–Crippen LogP) is 2.35. The Morgan fingerprint density at radius 2 is 2.13 bits per heavy atom. The maximum Gasteiger partial charge on any atom is 0.0624 e. The summed E-state index contributed by atoms with van der Waals surface area (Å²) in [7, 11) is 0. The minimum absolute atomic E-state index is 0.435. The van der Waals surface area contributed by atoms with Gasteiger partial charge in [-0.15, -0.1) is 0 Å². The van der Waals surface area contributed by atoms with Crippen molar-refractivity contribution in [3.8, 4) is 0 Å².